The lowest BCUT2D eigenvalue weighted by Gasteiger charge is -2.46. The molecule has 2 heteroatoms. The fourth-order valence-corrected chi connectivity index (χ4v) is 21.7. The van der Waals surface area contributed by atoms with Crippen molar-refractivity contribution in [1.29, 1.82) is 0 Å². The molecule has 0 aromatic heterocycles. The van der Waals surface area contributed by atoms with Crippen LogP contribution in [0.1, 0.15) is 194 Å². The van der Waals surface area contributed by atoms with Crippen LogP contribution >= 0.6 is 0 Å². The van der Waals surface area contributed by atoms with Gasteiger partial charge >= 0.3 is 0 Å². The van der Waals surface area contributed by atoms with Gasteiger partial charge in [-0.1, -0.05) is 307 Å². The van der Waals surface area contributed by atoms with Crippen molar-refractivity contribution in [2.24, 2.45) is 16.7 Å². The highest BCUT2D eigenvalue weighted by Gasteiger charge is 2.55. The zero-order chi connectivity index (χ0) is 76.0. The molecule has 9 aliphatic carbocycles. The number of nitrogens with zero attached hydrogens (tertiary/aromatic N) is 2. The normalized spacial score (nSPS) is 21.1. The highest BCUT2D eigenvalue weighted by atomic mass is 15.2. The van der Waals surface area contributed by atoms with Crippen LogP contribution in [0, 0.1) is 16.7 Å². The van der Waals surface area contributed by atoms with Crippen molar-refractivity contribution in [3.05, 3.63) is 398 Å². The first-order chi connectivity index (χ1) is 53.6. The summed E-state index contributed by atoms with van der Waals surface area (Å²) in [6, 6.07) is 85.8. The summed E-state index contributed by atoms with van der Waals surface area (Å²) < 4.78 is 0. The molecular weight excluding hydrogens is 1340 g/mol. The second-order valence-electron chi connectivity index (χ2n) is 35.9. The lowest BCUT2D eigenvalue weighted by atomic mass is 9.59. The molecule has 111 heavy (non-hydrogen) atoms. The van der Waals surface area contributed by atoms with E-state index in [9.17, 15) is 0 Å². The molecule has 0 aliphatic heterocycles. The molecule has 0 saturated carbocycles. The van der Waals surface area contributed by atoms with E-state index in [4.69, 9.17) is 0 Å². The summed E-state index contributed by atoms with van der Waals surface area (Å²) in [5.41, 5.74) is 40.3. The van der Waals surface area contributed by atoms with Crippen LogP contribution in [0.25, 0.3) is 71.7 Å². The molecule has 3 unspecified atom stereocenters. The minimum absolute atomic E-state index is 0.104. The Bertz CT molecular complexity index is 6200. The molecule has 0 fully saturated rings. The first kappa shape index (κ1) is 68.9. The van der Waals surface area contributed by atoms with Gasteiger partial charge in [0.15, 0.2) is 0 Å². The largest absolute Gasteiger partial charge is 0.314 e. The Balaban J connectivity index is 0.682. The highest BCUT2D eigenvalue weighted by molar-refractivity contribution is 6.12. The zero-order valence-electron chi connectivity index (χ0n) is 66.7. The third-order valence-corrected chi connectivity index (χ3v) is 28.4. The summed E-state index contributed by atoms with van der Waals surface area (Å²) in [6.07, 6.45) is 33.6. The van der Waals surface area contributed by atoms with Gasteiger partial charge in [-0.2, -0.15) is 0 Å². The van der Waals surface area contributed by atoms with E-state index in [1.807, 2.05) is 0 Å². The van der Waals surface area contributed by atoms with Crippen molar-refractivity contribution >= 4 is 72.2 Å². The Morgan fingerprint density at radius 2 is 1.08 bits per heavy atom. The summed E-state index contributed by atoms with van der Waals surface area (Å²) in [5, 5.41) is 5.21. The number of para-hydroxylation sites is 2. The fourth-order valence-electron chi connectivity index (χ4n) is 21.7. The summed E-state index contributed by atoms with van der Waals surface area (Å²) in [5.74, 6) is 0.410. The Morgan fingerprint density at radius 3 is 1.81 bits per heavy atom. The maximum absolute atomic E-state index is 2.70. The zero-order valence-corrected chi connectivity index (χ0v) is 66.7. The molecule has 11 aromatic carbocycles. The van der Waals surface area contributed by atoms with Crippen LogP contribution in [0.3, 0.4) is 0 Å². The molecular formula is C109H98N2. The Hall–Kier alpha value is -11.3. The number of hydrogen-bond acceptors (Lipinski definition) is 2. The van der Waals surface area contributed by atoms with Gasteiger partial charge in [0.1, 0.15) is 0 Å². The molecule has 2 nitrogen and oxygen atoms in total. The second-order valence-corrected chi connectivity index (χ2v) is 35.9. The number of anilines is 4. The SMILES string of the molecule is CC/C=C\C=C(/C)c1cc2c(c3ccccc13)C1=CCC=C(N(C3=CC=C4C5C=C(C=C(c6ccccc6)c6ccccc65)C(C)(C)C4C3)c3ccc4c(c3)C(C)(C)c3cc(C5=CCC6(C)C(=C5)c5cc7c(cc5C6(C)C)-c5c(cc(N(c6ccccc6)c6ccccc6)c6ccccc56)C7(C)C)ccc3-4)C=C1C2(C)C. The van der Waals surface area contributed by atoms with Gasteiger partial charge in [-0.25, -0.2) is 0 Å². The van der Waals surface area contributed by atoms with Crippen LogP contribution in [-0.2, 0) is 21.7 Å². The maximum Gasteiger partial charge on any atom is 0.0543 e. The van der Waals surface area contributed by atoms with Crippen LogP contribution in [0.4, 0.5) is 22.7 Å². The summed E-state index contributed by atoms with van der Waals surface area (Å²) in [7, 11) is 0. The van der Waals surface area contributed by atoms with E-state index >= 15 is 0 Å². The Morgan fingerprint density at radius 1 is 0.459 bits per heavy atom. The molecule has 0 N–H and O–H groups in total. The summed E-state index contributed by atoms with van der Waals surface area (Å²) in [6.45, 7) is 32.0. The lowest BCUT2D eigenvalue weighted by molar-refractivity contribution is 0.272. The quantitative estimate of drug-likeness (QED) is 0.119. The standard InChI is InChI=1S/C109H98N2/c1-14-15-19-33-67(2)87-63-99-102(84-45-30-28-43-79(84)87)86-47-32-40-74(60-95(86)106(99,7)8)110(75-50-53-82-89-59-71(104(3,4)93(82)61-75)58-88(68-34-20-16-21-35-68)77-41-26-27-42-78(77)89)76-49-52-81-80-51-48-69(56-92(80)105(5,6)94(81)62-76)70-54-55-109(13)98(57-70)90-64-96-91(65-97(90)108(109,11)12)103-85-46-31-29-44-83(85)101(66-100(103)107(96,9)10)111(72-36-22-17-23-37-72)73-38-24-18-25-39-73/h15-31,33-54,56-60,62-66,89,93H,14,32,55,61H2,1-13H3/b19-15-,67-33+. The Labute approximate surface area is 657 Å². The molecule has 0 amide bonds. The van der Waals surface area contributed by atoms with E-state index in [-0.39, 0.29) is 44.3 Å². The topological polar surface area (TPSA) is 6.48 Å². The number of allylic oxidation sites excluding steroid dienone is 20. The molecule has 0 spiro atoms. The number of fused-ring (bicyclic) bond motifs is 21. The predicted octanol–water partition coefficient (Wildman–Crippen LogP) is 29.0. The van der Waals surface area contributed by atoms with Gasteiger partial charge in [0.2, 0.25) is 0 Å². The van der Waals surface area contributed by atoms with E-state index < -0.39 is 0 Å². The molecule has 0 radical (unpaired) electrons. The van der Waals surface area contributed by atoms with Crippen molar-refractivity contribution in [3.8, 4) is 22.3 Å². The third-order valence-electron chi connectivity index (χ3n) is 28.4. The number of benzene rings is 11. The average Bonchev–Trinajstić information content (AvgIpc) is 1.52. The molecule has 0 saturated heterocycles. The highest BCUT2D eigenvalue weighted by Crippen LogP contribution is 2.67. The molecule has 544 valence electrons. The molecule has 20 rings (SSSR count). The van der Waals surface area contributed by atoms with Crippen molar-refractivity contribution in [2.75, 3.05) is 9.80 Å². The van der Waals surface area contributed by atoms with Gasteiger partial charge < -0.3 is 9.80 Å². The number of hydrogen-bond donors (Lipinski definition) is 0. The third kappa shape index (κ3) is 10.1. The van der Waals surface area contributed by atoms with Gasteiger partial charge in [0, 0.05) is 66.8 Å². The van der Waals surface area contributed by atoms with E-state index in [0.717, 1.165) is 37.1 Å². The monoisotopic (exact) mass is 1430 g/mol. The average molecular weight is 1440 g/mol. The van der Waals surface area contributed by atoms with Crippen LogP contribution in [0.2, 0.25) is 0 Å². The second kappa shape index (κ2) is 24.8. The van der Waals surface area contributed by atoms with Gasteiger partial charge in [-0.15, -0.1) is 0 Å². The first-order valence-corrected chi connectivity index (χ1v) is 40.8. The van der Waals surface area contributed by atoms with Crippen molar-refractivity contribution in [3.63, 3.8) is 0 Å². The summed E-state index contributed by atoms with van der Waals surface area (Å²) in [4.78, 5) is 5.16. The molecule has 3 atom stereocenters. The van der Waals surface area contributed by atoms with Crippen molar-refractivity contribution in [2.45, 2.75) is 143 Å². The van der Waals surface area contributed by atoms with Crippen LogP contribution in [0.5, 0.6) is 0 Å². The number of rotatable bonds is 11. The minimum Gasteiger partial charge on any atom is -0.314 e. The molecule has 0 heterocycles. The molecule has 9 aliphatic rings. The van der Waals surface area contributed by atoms with E-state index in [2.05, 4.69) is 397 Å². The van der Waals surface area contributed by atoms with Gasteiger partial charge in [-0.05, 0) is 273 Å². The van der Waals surface area contributed by atoms with E-state index in [1.54, 1.807) is 0 Å². The minimum atomic E-state index is -0.304. The van der Waals surface area contributed by atoms with Crippen molar-refractivity contribution in [1.82, 2.24) is 0 Å². The fraction of sp³-hybridized carbons (Fsp3) is 0.229. The maximum atomic E-state index is 2.70. The lowest BCUT2D eigenvalue weighted by Crippen LogP contribution is -2.37. The molecule has 2 bridgehead atoms. The van der Waals surface area contributed by atoms with E-state index in [1.165, 1.54) is 183 Å². The van der Waals surface area contributed by atoms with Crippen LogP contribution in [0.15, 0.2) is 325 Å². The van der Waals surface area contributed by atoms with Gasteiger partial charge in [-0.3, -0.25) is 0 Å². The van der Waals surface area contributed by atoms with E-state index in [0.29, 0.717) is 0 Å². The first-order valence-electron chi connectivity index (χ1n) is 40.8. The van der Waals surface area contributed by atoms with Crippen LogP contribution < -0.4 is 9.80 Å². The van der Waals surface area contributed by atoms with Crippen LogP contribution in [-0.4, -0.2) is 0 Å². The smallest absolute Gasteiger partial charge is 0.0543 e. The van der Waals surface area contributed by atoms with Crippen molar-refractivity contribution < 1.29 is 0 Å². The van der Waals surface area contributed by atoms with Gasteiger partial charge in [0.05, 0.1) is 5.69 Å². The Kier molecular flexibility index (Phi) is 15.4. The molecule has 11 aromatic rings. The summed E-state index contributed by atoms with van der Waals surface area (Å²) >= 11 is 0. The van der Waals surface area contributed by atoms with Gasteiger partial charge in [0.25, 0.3) is 0 Å². The predicted molar refractivity (Wildman–Crippen MR) is 472 cm³/mol.